The first-order chi connectivity index (χ1) is 13.2. The third-order valence-electron chi connectivity index (χ3n) is 5.74. The van der Waals surface area contributed by atoms with Gasteiger partial charge in [0, 0.05) is 30.8 Å². The Hall–Kier alpha value is -3.02. The fourth-order valence-corrected chi connectivity index (χ4v) is 4.40. The van der Waals surface area contributed by atoms with Crippen LogP contribution in [-0.4, -0.2) is 42.6 Å². The van der Waals surface area contributed by atoms with Crippen LogP contribution in [0.25, 0.3) is 11.4 Å². The first-order valence-electron chi connectivity index (χ1n) is 9.44. The van der Waals surface area contributed by atoms with Crippen LogP contribution in [0, 0.1) is 6.92 Å². The van der Waals surface area contributed by atoms with Gasteiger partial charge >= 0.3 is 0 Å². The highest BCUT2D eigenvalue weighted by Gasteiger charge is 2.42. The Morgan fingerprint density at radius 3 is 2.67 bits per heavy atom. The topological polar surface area (TPSA) is 63.9 Å². The van der Waals surface area contributed by atoms with Gasteiger partial charge < -0.3 is 9.47 Å². The molecule has 27 heavy (non-hydrogen) atoms. The van der Waals surface area contributed by atoms with Crippen molar-refractivity contribution in [3.63, 3.8) is 0 Å². The molecule has 0 radical (unpaired) electrons. The first kappa shape index (κ1) is 16.2. The summed E-state index contributed by atoms with van der Waals surface area (Å²) in [5.41, 5.74) is 2.55. The van der Waals surface area contributed by atoms with Crippen LogP contribution in [0.4, 0.5) is 0 Å². The van der Waals surface area contributed by atoms with Gasteiger partial charge in [-0.15, -0.1) is 10.2 Å². The molecular formula is C21H21N5O. The molecule has 2 aliphatic rings. The lowest BCUT2D eigenvalue weighted by atomic mass is 10.1. The summed E-state index contributed by atoms with van der Waals surface area (Å²) < 4.78 is 2.20. The van der Waals surface area contributed by atoms with Crippen LogP contribution in [0.2, 0.25) is 0 Å². The van der Waals surface area contributed by atoms with E-state index in [1.54, 1.807) is 6.20 Å². The van der Waals surface area contributed by atoms with Crippen molar-refractivity contribution in [2.24, 2.45) is 0 Å². The Kier molecular flexibility index (Phi) is 3.77. The standard InChI is InChI=1S/C21H21N5O/c1-14-6-5-11-22-19(14)21(27)26-16-9-10-17(26)13-25-18(12-16)23-24-20(25)15-7-3-2-4-8-15/h2-8,11,16-17H,9-10,12-13H2,1H3/t16-,17+/m0/s1. The van der Waals surface area contributed by atoms with E-state index < -0.39 is 0 Å². The molecule has 0 aliphatic carbocycles. The molecule has 1 aromatic carbocycles. The summed E-state index contributed by atoms with van der Waals surface area (Å²) in [5.74, 6) is 1.90. The summed E-state index contributed by atoms with van der Waals surface area (Å²) in [7, 11) is 0. The number of pyridine rings is 1. The highest BCUT2D eigenvalue weighted by atomic mass is 16.2. The van der Waals surface area contributed by atoms with Gasteiger partial charge in [0.25, 0.3) is 5.91 Å². The highest BCUT2D eigenvalue weighted by Crippen LogP contribution is 2.34. The average Bonchev–Trinajstić information content (AvgIpc) is 3.22. The third-order valence-corrected chi connectivity index (χ3v) is 5.74. The van der Waals surface area contributed by atoms with Gasteiger partial charge in [0.15, 0.2) is 5.82 Å². The van der Waals surface area contributed by atoms with Gasteiger partial charge in [0.2, 0.25) is 0 Å². The summed E-state index contributed by atoms with van der Waals surface area (Å²) >= 11 is 0. The molecule has 6 heteroatoms. The Morgan fingerprint density at radius 1 is 1.04 bits per heavy atom. The quantitative estimate of drug-likeness (QED) is 0.706. The van der Waals surface area contributed by atoms with Crippen molar-refractivity contribution in [2.45, 2.75) is 44.8 Å². The van der Waals surface area contributed by atoms with Crippen LogP contribution in [0.5, 0.6) is 0 Å². The monoisotopic (exact) mass is 359 g/mol. The fourth-order valence-electron chi connectivity index (χ4n) is 4.40. The number of fused-ring (bicyclic) bond motifs is 3. The van der Waals surface area contributed by atoms with E-state index in [9.17, 15) is 4.79 Å². The van der Waals surface area contributed by atoms with Gasteiger partial charge in [-0.3, -0.25) is 9.78 Å². The molecule has 1 fully saturated rings. The SMILES string of the molecule is Cc1cccnc1C(=O)N1[C@@H]2CC[C@H]1Cc1nnc(-c3ccccc3)n1C2. The van der Waals surface area contributed by atoms with Gasteiger partial charge in [-0.1, -0.05) is 36.4 Å². The van der Waals surface area contributed by atoms with E-state index in [-0.39, 0.29) is 18.0 Å². The number of aromatic nitrogens is 4. The summed E-state index contributed by atoms with van der Waals surface area (Å²) in [6.07, 6.45) is 4.46. The van der Waals surface area contributed by atoms with E-state index in [1.165, 1.54) is 0 Å². The maximum atomic E-state index is 13.3. The average molecular weight is 359 g/mol. The van der Waals surface area contributed by atoms with E-state index in [2.05, 4.69) is 36.8 Å². The molecule has 2 aromatic heterocycles. The van der Waals surface area contributed by atoms with E-state index in [1.807, 2.05) is 37.3 Å². The zero-order chi connectivity index (χ0) is 18.4. The first-order valence-corrected chi connectivity index (χ1v) is 9.44. The lowest BCUT2D eigenvalue weighted by Crippen LogP contribution is -2.42. The number of nitrogens with zero attached hydrogens (tertiary/aromatic N) is 5. The van der Waals surface area contributed by atoms with E-state index in [4.69, 9.17) is 0 Å². The molecule has 3 aromatic rings. The molecule has 2 atom stereocenters. The lowest BCUT2D eigenvalue weighted by molar-refractivity contribution is 0.0659. The molecule has 1 saturated heterocycles. The van der Waals surface area contributed by atoms with Crippen molar-refractivity contribution in [3.05, 3.63) is 65.7 Å². The van der Waals surface area contributed by atoms with Crippen molar-refractivity contribution < 1.29 is 4.79 Å². The van der Waals surface area contributed by atoms with Gasteiger partial charge in [0.05, 0.1) is 6.04 Å². The van der Waals surface area contributed by atoms with Crippen LogP contribution in [0.3, 0.4) is 0 Å². The molecule has 0 N–H and O–H groups in total. The molecule has 6 nitrogen and oxygen atoms in total. The number of benzene rings is 1. The van der Waals surface area contributed by atoms with Crippen molar-refractivity contribution in [1.29, 1.82) is 0 Å². The maximum Gasteiger partial charge on any atom is 0.273 e. The van der Waals surface area contributed by atoms with E-state index >= 15 is 0 Å². The largest absolute Gasteiger partial charge is 0.329 e. The van der Waals surface area contributed by atoms with Crippen molar-refractivity contribution in [2.75, 3.05) is 0 Å². The Balaban J connectivity index is 1.51. The minimum Gasteiger partial charge on any atom is -0.329 e. The van der Waals surface area contributed by atoms with Gasteiger partial charge in [-0.25, -0.2) is 0 Å². The van der Waals surface area contributed by atoms with Crippen molar-refractivity contribution in [1.82, 2.24) is 24.6 Å². The van der Waals surface area contributed by atoms with E-state index in [0.29, 0.717) is 5.69 Å². The number of hydrogen-bond acceptors (Lipinski definition) is 4. The number of rotatable bonds is 2. The summed E-state index contributed by atoms with van der Waals surface area (Å²) in [6.45, 7) is 2.68. The molecular weight excluding hydrogens is 338 g/mol. The van der Waals surface area contributed by atoms with Crippen LogP contribution in [-0.2, 0) is 13.0 Å². The minimum absolute atomic E-state index is 0.0422. The van der Waals surface area contributed by atoms with Crippen LogP contribution >= 0.6 is 0 Å². The minimum atomic E-state index is 0.0422. The molecule has 5 rings (SSSR count). The van der Waals surface area contributed by atoms with E-state index in [0.717, 1.165) is 48.6 Å². The zero-order valence-electron chi connectivity index (χ0n) is 15.2. The second kappa shape index (κ2) is 6.30. The normalized spacial score (nSPS) is 21.0. The van der Waals surface area contributed by atoms with Gasteiger partial charge in [0.1, 0.15) is 11.5 Å². The predicted octanol–water partition coefficient (Wildman–Crippen LogP) is 2.88. The van der Waals surface area contributed by atoms with Crippen molar-refractivity contribution >= 4 is 5.91 Å². The molecule has 0 unspecified atom stereocenters. The molecule has 2 aliphatic heterocycles. The smallest absolute Gasteiger partial charge is 0.273 e. The van der Waals surface area contributed by atoms with Gasteiger partial charge in [-0.05, 0) is 31.4 Å². The maximum absolute atomic E-state index is 13.3. The number of aryl methyl sites for hydroxylation is 1. The second-order valence-electron chi connectivity index (χ2n) is 7.39. The highest BCUT2D eigenvalue weighted by molar-refractivity contribution is 5.94. The van der Waals surface area contributed by atoms with Crippen LogP contribution in [0.1, 0.15) is 34.7 Å². The molecule has 0 spiro atoms. The Morgan fingerprint density at radius 2 is 1.85 bits per heavy atom. The molecule has 4 heterocycles. The second-order valence-corrected chi connectivity index (χ2v) is 7.39. The molecule has 136 valence electrons. The summed E-state index contributed by atoms with van der Waals surface area (Å²) in [6, 6.07) is 14.3. The van der Waals surface area contributed by atoms with Crippen LogP contribution < -0.4 is 0 Å². The number of carbonyl (C=O) groups excluding carboxylic acids is 1. The fraction of sp³-hybridized carbons (Fsp3) is 0.333. The predicted molar refractivity (Wildman–Crippen MR) is 101 cm³/mol. The number of hydrogen-bond donors (Lipinski definition) is 0. The molecule has 1 amide bonds. The third kappa shape index (κ3) is 2.63. The Labute approximate surface area is 157 Å². The van der Waals surface area contributed by atoms with Crippen molar-refractivity contribution in [3.8, 4) is 11.4 Å². The summed E-state index contributed by atoms with van der Waals surface area (Å²) in [5, 5.41) is 8.90. The summed E-state index contributed by atoms with van der Waals surface area (Å²) in [4.78, 5) is 19.7. The molecule has 2 bridgehead atoms. The van der Waals surface area contributed by atoms with Crippen LogP contribution in [0.15, 0.2) is 48.7 Å². The Bertz CT molecular complexity index is 997. The number of amides is 1. The molecule has 0 saturated carbocycles. The lowest BCUT2D eigenvalue weighted by Gasteiger charge is -2.28. The zero-order valence-corrected chi connectivity index (χ0v) is 15.2. The van der Waals surface area contributed by atoms with Gasteiger partial charge in [-0.2, -0.15) is 0 Å². The number of carbonyl (C=O) groups is 1.